The Bertz CT molecular complexity index is 408. The van der Waals surface area contributed by atoms with Crippen molar-refractivity contribution in [3.05, 3.63) is 16.1 Å². The highest BCUT2D eigenvalue weighted by Gasteiger charge is 2.28. The van der Waals surface area contributed by atoms with Gasteiger partial charge < -0.3 is 5.73 Å². The molecule has 0 amide bonds. The molecule has 19 heavy (non-hydrogen) atoms. The molecule has 1 aromatic rings. The first-order chi connectivity index (χ1) is 8.91. The Morgan fingerprint density at radius 2 is 2.21 bits per heavy atom. The number of nitrogens with two attached hydrogens (primary N) is 1. The van der Waals surface area contributed by atoms with Crippen LogP contribution in [0.25, 0.3) is 0 Å². The van der Waals surface area contributed by atoms with E-state index in [-0.39, 0.29) is 5.41 Å². The molecule has 1 aliphatic rings. The lowest BCUT2D eigenvalue weighted by Gasteiger charge is -2.39. The average molecular weight is 281 g/mol. The van der Waals surface area contributed by atoms with Crippen molar-refractivity contribution in [2.45, 2.75) is 58.5 Å². The van der Waals surface area contributed by atoms with Gasteiger partial charge in [0, 0.05) is 29.9 Å². The zero-order valence-electron chi connectivity index (χ0n) is 12.6. The van der Waals surface area contributed by atoms with Gasteiger partial charge in [0.15, 0.2) is 0 Å². The molecular weight excluding hydrogens is 254 g/mol. The van der Waals surface area contributed by atoms with Crippen molar-refractivity contribution in [3.8, 4) is 0 Å². The predicted molar refractivity (Wildman–Crippen MR) is 82.5 cm³/mol. The lowest BCUT2D eigenvalue weighted by molar-refractivity contribution is 0.0979. The van der Waals surface area contributed by atoms with E-state index in [1.807, 2.05) is 0 Å². The number of hydrogen-bond donors (Lipinski definition) is 1. The standard InChI is InChI=1S/C15H27N3S/c1-11-6-5-7-18(13(11)8-16)9-12-10-19-14(17-12)15(2,3)4/h10-11,13H,5-9,16H2,1-4H3. The van der Waals surface area contributed by atoms with Crippen LogP contribution in [0.2, 0.25) is 0 Å². The molecule has 2 atom stereocenters. The van der Waals surface area contributed by atoms with Gasteiger partial charge in [-0.2, -0.15) is 0 Å². The molecule has 0 aliphatic carbocycles. The second-order valence-corrected chi connectivity index (χ2v) is 7.65. The van der Waals surface area contributed by atoms with Gasteiger partial charge in [-0.25, -0.2) is 4.98 Å². The Kier molecular flexibility index (Phi) is 4.64. The van der Waals surface area contributed by atoms with Crippen LogP contribution in [0, 0.1) is 5.92 Å². The maximum Gasteiger partial charge on any atom is 0.0982 e. The smallest absolute Gasteiger partial charge is 0.0982 e. The molecule has 108 valence electrons. The molecular formula is C15H27N3S. The number of hydrogen-bond acceptors (Lipinski definition) is 4. The highest BCUT2D eigenvalue weighted by atomic mass is 32.1. The Morgan fingerprint density at radius 3 is 2.79 bits per heavy atom. The molecule has 1 aromatic heterocycles. The van der Waals surface area contributed by atoms with Crippen molar-refractivity contribution in [1.29, 1.82) is 0 Å². The lowest BCUT2D eigenvalue weighted by atomic mass is 9.91. The van der Waals surface area contributed by atoms with Crippen LogP contribution in [0.1, 0.15) is 51.2 Å². The zero-order valence-corrected chi connectivity index (χ0v) is 13.5. The molecule has 4 heteroatoms. The first-order valence-corrected chi connectivity index (χ1v) is 8.19. The van der Waals surface area contributed by atoms with Gasteiger partial charge in [0.1, 0.15) is 0 Å². The summed E-state index contributed by atoms with van der Waals surface area (Å²) in [5.74, 6) is 0.708. The molecule has 2 N–H and O–H groups in total. The maximum absolute atomic E-state index is 5.95. The fraction of sp³-hybridized carbons (Fsp3) is 0.800. The summed E-state index contributed by atoms with van der Waals surface area (Å²) in [4.78, 5) is 7.33. The van der Waals surface area contributed by atoms with Gasteiger partial charge >= 0.3 is 0 Å². The molecule has 0 bridgehead atoms. The Labute approximate surface area is 121 Å². The molecule has 2 heterocycles. The summed E-state index contributed by atoms with van der Waals surface area (Å²) in [6.07, 6.45) is 2.59. The second-order valence-electron chi connectivity index (χ2n) is 6.79. The van der Waals surface area contributed by atoms with Gasteiger partial charge in [-0.15, -0.1) is 11.3 Å². The van der Waals surface area contributed by atoms with Crippen LogP contribution in [-0.4, -0.2) is 29.0 Å². The van der Waals surface area contributed by atoms with Crippen molar-refractivity contribution in [2.75, 3.05) is 13.1 Å². The highest BCUT2D eigenvalue weighted by molar-refractivity contribution is 7.09. The summed E-state index contributed by atoms with van der Waals surface area (Å²) < 4.78 is 0. The van der Waals surface area contributed by atoms with Crippen LogP contribution >= 0.6 is 11.3 Å². The van der Waals surface area contributed by atoms with Crippen LogP contribution in [0.5, 0.6) is 0 Å². The minimum absolute atomic E-state index is 0.158. The van der Waals surface area contributed by atoms with E-state index in [0.29, 0.717) is 12.0 Å². The number of likely N-dealkylation sites (tertiary alicyclic amines) is 1. The summed E-state index contributed by atoms with van der Waals surface area (Å²) >= 11 is 1.79. The first-order valence-electron chi connectivity index (χ1n) is 7.31. The number of rotatable bonds is 3. The summed E-state index contributed by atoms with van der Waals surface area (Å²) in [5.41, 5.74) is 7.32. The summed E-state index contributed by atoms with van der Waals surface area (Å²) in [7, 11) is 0. The SMILES string of the molecule is CC1CCCN(Cc2csc(C(C)(C)C)n2)C1CN. The molecule has 1 fully saturated rings. The van der Waals surface area contributed by atoms with Gasteiger partial charge in [-0.1, -0.05) is 27.7 Å². The van der Waals surface area contributed by atoms with Crippen LogP contribution in [0.15, 0.2) is 5.38 Å². The Balaban J connectivity index is 2.05. The van der Waals surface area contributed by atoms with Gasteiger partial charge in [-0.05, 0) is 25.3 Å². The van der Waals surface area contributed by atoms with E-state index in [0.717, 1.165) is 19.6 Å². The van der Waals surface area contributed by atoms with Crippen molar-refractivity contribution in [2.24, 2.45) is 11.7 Å². The topological polar surface area (TPSA) is 42.2 Å². The van der Waals surface area contributed by atoms with E-state index in [2.05, 4.69) is 38.0 Å². The van der Waals surface area contributed by atoms with Crippen LogP contribution in [0.4, 0.5) is 0 Å². The average Bonchev–Trinajstić information content (AvgIpc) is 2.77. The van der Waals surface area contributed by atoms with Crippen LogP contribution in [0.3, 0.4) is 0 Å². The van der Waals surface area contributed by atoms with Crippen molar-refractivity contribution in [3.63, 3.8) is 0 Å². The third-order valence-corrected chi connectivity index (χ3v) is 5.35. The molecule has 1 aliphatic heterocycles. The van der Waals surface area contributed by atoms with Gasteiger partial charge in [-0.3, -0.25) is 4.90 Å². The summed E-state index contributed by atoms with van der Waals surface area (Å²) in [6, 6.07) is 0.522. The lowest BCUT2D eigenvalue weighted by Crippen LogP contribution is -2.48. The molecule has 0 radical (unpaired) electrons. The molecule has 1 saturated heterocycles. The van der Waals surface area contributed by atoms with Crippen molar-refractivity contribution in [1.82, 2.24) is 9.88 Å². The van der Waals surface area contributed by atoms with E-state index < -0.39 is 0 Å². The fourth-order valence-electron chi connectivity index (χ4n) is 2.84. The number of aromatic nitrogens is 1. The monoisotopic (exact) mass is 281 g/mol. The van der Waals surface area contributed by atoms with E-state index in [1.54, 1.807) is 11.3 Å². The predicted octanol–water partition coefficient (Wildman–Crippen LogP) is 3.00. The van der Waals surface area contributed by atoms with E-state index >= 15 is 0 Å². The maximum atomic E-state index is 5.95. The van der Waals surface area contributed by atoms with Crippen molar-refractivity contribution >= 4 is 11.3 Å². The summed E-state index contributed by atoms with van der Waals surface area (Å²) in [5, 5.41) is 3.45. The molecule has 0 saturated carbocycles. The van der Waals surface area contributed by atoms with Crippen LogP contribution < -0.4 is 5.73 Å². The third kappa shape index (κ3) is 3.56. The van der Waals surface area contributed by atoms with E-state index in [9.17, 15) is 0 Å². The van der Waals surface area contributed by atoms with Crippen LogP contribution in [-0.2, 0) is 12.0 Å². The quantitative estimate of drug-likeness (QED) is 0.926. The highest BCUT2D eigenvalue weighted by Crippen LogP contribution is 2.28. The third-order valence-electron chi connectivity index (χ3n) is 4.03. The normalized spacial score (nSPS) is 25.7. The largest absolute Gasteiger partial charge is 0.329 e. The Morgan fingerprint density at radius 1 is 1.47 bits per heavy atom. The molecule has 2 rings (SSSR count). The summed E-state index contributed by atoms with van der Waals surface area (Å²) in [6.45, 7) is 11.9. The second kappa shape index (κ2) is 5.90. The Hall–Kier alpha value is -0.450. The van der Waals surface area contributed by atoms with Crippen molar-refractivity contribution < 1.29 is 0 Å². The number of piperidine rings is 1. The first kappa shape index (κ1) is 14.9. The molecule has 2 unspecified atom stereocenters. The van der Waals surface area contributed by atoms with Gasteiger partial charge in [0.05, 0.1) is 10.7 Å². The zero-order chi connectivity index (χ0) is 14.0. The molecule has 3 nitrogen and oxygen atoms in total. The molecule has 0 aromatic carbocycles. The van der Waals surface area contributed by atoms with E-state index in [4.69, 9.17) is 10.7 Å². The van der Waals surface area contributed by atoms with Gasteiger partial charge in [0.2, 0.25) is 0 Å². The minimum Gasteiger partial charge on any atom is -0.329 e. The number of thiazole rings is 1. The fourth-order valence-corrected chi connectivity index (χ4v) is 3.74. The van der Waals surface area contributed by atoms with E-state index in [1.165, 1.54) is 23.5 Å². The molecule has 0 spiro atoms. The number of nitrogens with zero attached hydrogens (tertiary/aromatic N) is 2. The minimum atomic E-state index is 0.158. The van der Waals surface area contributed by atoms with Gasteiger partial charge in [0.25, 0.3) is 0 Å².